The topological polar surface area (TPSA) is 91.7 Å². The molecule has 1 aromatic rings. The smallest absolute Gasteiger partial charge is 0.338 e. The molecule has 0 aromatic heterocycles. The van der Waals surface area contributed by atoms with Gasteiger partial charge in [0.2, 0.25) is 0 Å². The highest BCUT2D eigenvalue weighted by Crippen LogP contribution is 2.45. The van der Waals surface area contributed by atoms with Gasteiger partial charge < -0.3 is 10.5 Å². The van der Waals surface area contributed by atoms with Crippen LogP contribution in [0, 0.1) is 11.3 Å². The molecule has 116 valence electrons. The predicted molar refractivity (Wildman–Crippen MR) is 87.6 cm³/mol. The van der Waals surface area contributed by atoms with E-state index in [0.717, 1.165) is 5.56 Å². The molecule has 1 aromatic carbocycles. The van der Waals surface area contributed by atoms with Gasteiger partial charge >= 0.3 is 5.97 Å². The lowest BCUT2D eigenvalue weighted by molar-refractivity contribution is -0.136. The molecule has 23 heavy (non-hydrogen) atoms. The molecule has 0 radical (unpaired) electrons. The van der Waals surface area contributed by atoms with E-state index in [1.807, 2.05) is 30.3 Å². The minimum Gasteiger partial charge on any atom is -0.466 e. The van der Waals surface area contributed by atoms with Gasteiger partial charge in [-0.05, 0) is 24.2 Å². The van der Waals surface area contributed by atoms with E-state index in [1.165, 1.54) is 18.9 Å². The molecule has 3 rings (SSSR count). The third kappa shape index (κ3) is 2.37. The first-order valence-corrected chi connectivity index (χ1v) is 7.69. The monoisotopic (exact) mass is 326 g/mol. The van der Waals surface area contributed by atoms with E-state index in [-0.39, 0.29) is 0 Å². The van der Waals surface area contributed by atoms with Crippen LogP contribution >= 0.6 is 11.8 Å². The number of rotatable bonds is 2. The van der Waals surface area contributed by atoms with Crippen LogP contribution in [-0.2, 0) is 9.53 Å². The highest BCUT2D eigenvalue weighted by Gasteiger charge is 2.42. The third-order valence-corrected chi connectivity index (χ3v) is 4.67. The number of carbonyl (C=O) groups excluding carboxylic acids is 1. The number of methoxy groups -OCH3 is 1. The van der Waals surface area contributed by atoms with Crippen LogP contribution < -0.4 is 5.73 Å². The van der Waals surface area contributed by atoms with Gasteiger partial charge in [0.15, 0.2) is 5.17 Å². The summed E-state index contributed by atoms with van der Waals surface area (Å²) >= 11 is 1.21. The number of nitrogens with two attached hydrogens (primary N) is 1. The van der Waals surface area contributed by atoms with Crippen molar-refractivity contribution in [3.8, 4) is 6.07 Å². The number of amidine groups is 1. The summed E-state index contributed by atoms with van der Waals surface area (Å²) in [6.45, 7) is 1.76. The molecule has 0 amide bonds. The van der Waals surface area contributed by atoms with E-state index < -0.39 is 12.0 Å². The maximum atomic E-state index is 12.3. The second kappa shape index (κ2) is 5.82. The molecule has 0 saturated carbocycles. The van der Waals surface area contributed by atoms with Crippen molar-refractivity contribution >= 4 is 22.9 Å². The van der Waals surface area contributed by atoms with Gasteiger partial charge in [-0.25, -0.2) is 9.79 Å². The normalized spacial score (nSPS) is 20.1. The molecule has 0 aliphatic carbocycles. The number of ether oxygens (including phenoxy) is 1. The Bertz CT molecular complexity index is 805. The van der Waals surface area contributed by atoms with Gasteiger partial charge in [0, 0.05) is 0 Å². The van der Waals surface area contributed by atoms with Crippen molar-refractivity contribution in [2.24, 2.45) is 10.7 Å². The zero-order chi connectivity index (χ0) is 16.6. The quantitative estimate of drug-likeness (QED) is 0.838. The first-order valence-electron chi connectivity index (χ1n) is 6.88. The fourth-order valence-corrected chi connectivity index (χ4v) is 3.58. The van der Waals surface area contributed by atoms with Gasteiger partial charge in [-0.2, -0.15) is 5.26 Å². The largest absolute Gasteiger partial charge is 0.466 e. The fraction of sp³-hybridized carbons (Fsp3) is 0.188. The standard InChI is InChI=1S/C16H14N4O2S/c1-9-12(15(21)22-2)13(10-6-4-3-5-7-10)20-14(18)11(8-17)23-16(20)19-9/h3-7,13H,18H2,1-2H3. The number of benzene rings is 1. The molecule has 0 saturated heterocycles. The number of hydrogen-bond donors (Lipinski definition) is 1. The number of nitrogens with zero attached hydrogens (tertiary/aromatic N) is 3. The zero-order valence-electron chi connectivity index (χ0n) is 12.6. The number of nitriles is 1. The van der Waals surface area contributed by atoms with Gasteiger partial charge in [0.1, 0.15) is 16.8 Å². The van der Waals surface area contributed by atoms with Crippen molar-refractivity contribution in [2.45, 2.75) is 13.0 Å². The second-order valence-corrected chi connectivity index (χ2v) is 5.97. The molecule has 7 heteroatoms. The maximum Gasteiger partial charge on any atom is 0.338 e. The second-order valence-electron chi connectivity index (χ2n) is 5.00. The highest BCUT2D eigenvalue weighted by molar-refractivity contribution is 8.17. The first-order chi connectivity index (χ1) is 11.1. The molecule has 1 unspecified atom stereocenters. The van der Waals surface area contributed by atoms with Crippen LogP contribution in [0.5, 0.6) is 0 Å². The Morgan fingerprint density at radius 2 is 2.13 bits per heavy atom. The molecular formula is C16H14N4O2S. The van der Waals surface area contributed by atoms with Crippen LogP contribution in [0.25, 0.3) is 0 Å². The molecule has 2 aliphatic heterocycles. The lowest BCUT2D eigenvalue weighted by Crippen LogP contribution is -2.38. The minimum absolute atomic E-state index is 0.305. The number of thioether (sulfide) groups is 1. The molecule has 2 N–H and O–H groups in total. The van der Waals surface area contributed by atoms with Crippen LogP contribution in [0.4, 0.5) is 0 Å². The average Bonchev–Trinajstić information content (AvgIpc) is 2.89. The van der Waals surface area contributed by atoms with E-state index in [4.69, 9.17) is 10.5 Å². The number of esters is 1. The average molecular weight is 326 g/mol. The molecule has 0 spiro atoms. The van der Waals surface area contributed by atoms with Gasteiger partial charge in [-0.15, -0.1) is 0 Å². The molecular weight excluding hydrogens is 312 g/mol. The summed E-state index contributed by atoms with van der Waals surface area (Å²) in [7, 11) is 1.34. The summed E-state index contributed by atoms with van der Waals surface area (Å²) < 4.78 is 4.93. The number of carbonyl (C=O) groups is 1. The van der Waals surface area contributed by atoms with Crippen LogP contribution in [-0.4, -0.2) is 23.1 Å². The van der Waals surface area contributed by atoms with Crippen molar-refractivity contribution < 1.29 is 9.53 Å². The predicted octanol–water partition coefficient (Wildman–Crippen LogP) is 2.24. The van der Waals surface area contributed by atoms with E-state index in [9.17, 15) is 10.1 Å². The van der Waals surface area contributed by atoms with E-state index in [0.29, 0.717) is 27.2 Å². The Morgan fingerprint density at radius 1 is 1.43 bits per heavy atom. The Morgan fingerprint density at radius 3 is 2.74 bits per heavy atom. The van der Waals surface area contributed by atoms with Gasteiger partial charge in [-0.1, -0.05) is 30.3 Å². The summed E-state index contributed by atoms with van der Waals surface area (Å²) in [5.74, 6) is -0.152. The van der Waals surface area contributed by atoms with Crippen LogP contribution in [0.2, 0.25) is 0 Å². The van der Waals surface area contributed by atoms with Crippen molar-refractivity contribution in [3.63, 3.8) is 0 Å². The highest BCUT2D eigenvalue weighted by atomic mass is 32.2. The van der Waals surface area contributed by atoms with E-state index in [1.54, 1.807) is 11.8 Å². The van der Waals surface area contributed by atoms with E-state index >= 15 is 0 Å². The molecule has 2 heterocycles. The minimum atomic E-state index is -0.463. The summed E-state index contributed by atoms with van der Waals surface area (Å²) in [6, 6.07) is 11.1. The van der Waals surface area contributed by atoms with Gasteiger partial charge in [0.25, 0.3) is 0 Å². The summed E-state index contributed by atoms with van der Waals surface area (Å²) in [5, 5.41) is 9.83. The Balaban J connectivity index is 2.21. The number of hydrogen-bond acceptors (Lipinski definition) is 7. The third-order valence-electron chi connectivity index (χ3n) is 3.70. The van der Waals surface area contributed by atoms with Crippen LogP contribution in [0.1, 0.15) is 18.5 Å². The van der Waals surface area contributed by atoms with Gasteiger partial charge in [0.05, 0.1) is 24.4 Å². The van der Waals surface area contributed by atoms with Crippen LogP contribution in [0.3, 0.4) is 0 Å². The van der Waals surface area contributed by atoms with E-state index in [2.05, 4.69) is 11.1 Å². The molecule has 2 aliphatic rings. The molecule has 0 fully saturated rings. The van der Waals surface area contributed by atoms with Gasteiger partial charge in [-0.3, -0.25) is 4.90 Å². The summed E-state index contributed by atoms with van der Waals surface area (Å²) in [4.78, 5) is 18.8. The van der Waals surface area contributed by atoms with Crippen LogP contribution in [0.15, 0.2) is 57.3 Å². The summed E-state index contributed by atoms with van der Waals surface area (Å²) in [6.07, 6.45) is 0. The zero-order valence-corrected chi connectivity index (χ0v) is 13.4. The lowest BCUT2D eigenvalue weighted by Gasteiger charge is -2.34. The first kappa shape index (κ1) is 15.2. The Kier molecular flexibility index (Phi) is 3.84. The fourth-order valence-electron chi connectivity index (χ4n) is 2.66. The number of allylic oxidation sites excluding steroid dienone is 2. The molecule has 1 atom stereocenters. The number of aliphatic imine (C=N–C) groups is 1. The Hall–Kier alpha value is -2.72. The SMILES string of the molecule is COC(=O)C1=C(C)N=C2SC(C#N)=C(N)N2C1c1ccccc1. The lowest BCUT2D eigenvalue weighted by atomic mass is 9.94. The Labute approximate surface area is 137 Å². The summed E-state index contributed by atoms with van der Waals surface area (Å²) in [5.41, 5.74) is 7.99. The van der Waals surface area contributed by atoms with Crippen molar-refractivity contribution in [3.05, 3.63) is 57.9 Å². The molecule has 6 nitrogen and oxygen atoms in total. The maximum absolute atomic E-state index is 12.3. The molecule has 0 bridgehead atoms. The van der Waals surface area contributed by atoms with Crippen molar-refractivity contribution in [1.82, 2.24) is 4.90 Å². The van der Waals surface area contributed by atoms with Crippen molar-refractivity contribution in [2.75, 3.05) is 7.11 Å². The van der Waals surface area contributed by atoms with Crippen molar-refractivity contribution in [1.29, 1.82) is 5.26 Å². The number of fused-ring (bicyclic) bond motifs is 1.